The molecule has 0 aliphatic carbocycles. The number of morpholine rings is 1. The van der Waals surface area contributed by atoms with Crippen LogP contribution in [-0.2, 0) is 4.74 Å². The first-order chi connectivity index (χ1) is 8.66. The van der Waals surface area contributed by atoms with Gasteiger partial charge in [0.25, 0.3) is 0 Å². The Labute approximate surface area is 119 Å². The fourth-order valence-corrected chi connectivity index (χ4v) is 2.57. The second-order valence-electron chi connectivity index (χ2n) is 7.79. The van der Waals surface area contributed by atoms with Crippen LogP contribution in [0.4, 0.5) is 0 Å². The Morgan fingerprint density at radius 2 is 1.89 bits per heavy atom. The molecule has 114 valence electrons. The van der Waals surface area contributed by atoms with E-state index in [2.05, 4.69) is 46.4 Å². The van der Waals surface area contributed by atoms with E-state index in [1.807, 2.05) is 0 Å². The lowest BCUT2D eigenvalue weighted by atomic mass is 9.77. The van der Waals surface area contributed by atoms with Gasteiger partial charge in [-0.05, 0) is 38.0 Å². The van der Waals surface area contributed by atoms with Gasteiger partial charge in [0.1, 0.15) is 0 Å². The van der Waals surface area contributed by atoms with Crippen LogP contribution in [0.15, 0.2) is 0 Å². The molecule has 0 aromatic heterocycles. The average molecular weight is 270 g/mol. The molecule has 1 fully saturated rings. The van der Waals surface area contributed by atoms with E-state index < -0.39 is 0 Å². The predicted octanol–water partition coefficient (Wildman–Crippen LogP) is 2.89. The van der Waals surface area contributed by atoms with Crippen LogP contribution in [-0.4, -0.2) is 42.8 Å². The van der Waals surface area contributed by atoms with Crippen molar-refractivity contribution in [1.29, 1.82) is 0 Å². The van der Waals surface area contributed by atoms with E-state index in [1.165, 1.54) is 12.8 Å². The quantitative estimate of drug-likeness (QED) is 0.835. The van der Waals surface area contributed by atoms with Crippen molar-refractivity contribution in [2.45, 2.75) is 66.0 Å². The standard InChI is InChI=1S/C16H34N2O/c1-13(15(2,3)4)7-8-16(5,6)18-9-10-19-14(11-17)12-18/h13-14H,7-12,17H2,1-6H3. The Morgan fingerprint density at radius 1 is 1.26 bits per heavy atom. The van der Waals surface area contributed by atoms with Gasteiger partial charge in [0.2, 0.25) is 0 Å². The van der Waals surface area contributed by atoms with Gasteiger partial charge in [-0.2, -0.15) is 0 Å². The molecule has 0 spiro atoms. The summed E-state index contributed by atoms with van der Waals surface area (Å²) in [6.45, 7) is 17.6. The number of nitrogens with two attached hydrogens (primary N) is 1. The molecule has 0 aromatic carbocycles. The maximum atomic E-state index is 5.74. The van der Waals surface area contributed by atoms with Crippen LogP contribution in [0, 0.1) is 11.3 Å². The molecule has 3 nitrogen and oxygen atoms in total. The molecule has 1 aliphatic heterocycles. The van der Waals surface area contributed by atoms with Gasteiger partial charge >= 0.3 is 0 Å². The first kappa shape index (κ1) is 16.9. The lowest BCUT2D eigenvalue weighted by Gasteiger charge is -2.44. The van der Waals surface area contributed by atoms with Gasteiger partial charge in [0.05, 0.1) is 12.7 Å². The molecule has 0 aromatic rings. The van der Waals surface area contributed by atoms with E-state index in [9.17, 15) is 0 Å². The van der Waals surface area contributed by atoms with Crippen LogP contribution in [0.25, 0.3) is 0 Å². The van der Waals surface area contributed by atoms with Crippen LogP contribution in [0.3, 0.4) is 0 Å². The number of ether oxygens (including phenoxy) is 1. The van der Waals surface area contributed by atoms with Gasteiger partial charge in [-0.15, -0.1) is 0 Å². The van der Waals surface area contributed by atoms with E-state index in [-0.39, 0.29) is 11.6 Å². The van der Waals surface area contributed by atoms with Gasteiger partial charge in [-0.25, -0.2) is 0 Å². The Kier molecular flexibility index (Phi) is 5.84. The SMILES string of the molecule is CC(CCC(C)(C)N1CCOC(CN)C1)C(C)(C)C. The number of hydrogen-bond acceptors (Lipinski definition) is 3. The molecule has 2 N–H and O–H groups in total. The molecule has 2 unspecified atom stereocenters. The number of rotatable bonds is 5. The molecule has 3 heteroatoms. The van der Waals surface area contributed by atoms with Crippen molar-refractivity contribution >= 4 is 0 Å². The van der Waals surface area contributed by atoms with Gasteiger partial charge in [0, 0.05) is 25.2 Å². The first-order valence-corrected chi connectivity index (χ1v) is 7.73. The summed E-state index contributed by atoms with van der Waals surface area (Å²) in [5.74, 6) is 0.748. The molecule has 2 atom stereocenters. The molecule has 0 saturated carbocycles. The highest BCUT2D eigenvalue weighted by Gasteiger charge is 2.32. The fraction of sp³-hybridized carbons (Fsp3) is 1.00. The molecular formula is C16H34N2O. The molecule has 1 saturated heterocycles. The molecule has 0 bridgehead atoms. The van der Waals surface area contributed by atoms with E-state index >= 15 is 0 Å². The summed E-state index contributed by atoms with van der Waals surface area (Å²) in [5, 5.41) is 0. The summed E-state index contributed by atoms with van der Waals surface area (Å²) in [5.41, 5.74) is 6.39. The molecule has 1 heterocycles. The van der Waals surface area contributed by atoms with Crippen molar-refractivity contribution in [2.24, 2.45) is 17.1 Å². The van der Waals surface area contributed by atoms with Crippen LogP contribution in [0.1, 0.15) is 54.4 Å². The molecule has 19 heavy (non-hydrogen) atoms. The summed E-state index contributed by atoms with van der Waals surface area (Å²) in [6, 6.07) is 0. The molecule has 1 aliphatic rings. The van der Waals surface area contributed by atoms with Crippen molar-refractivity contribution in [3.63, 3.8) is 0 Å². The third-order valence-corrected chi connectivity index (χ3v) is 4.93. The Balaban J connectivity index is 2.50. The van der Waals surface area contributed by atoms with E-state index in [1.54, 1.807) is 0 Å². The minimum atomic E-state index is 0.216. The second-order valence-corrected chi connectivity index (χ2v) is 7.79. The minimum Gasteiger partial charge on any atom is -0.374 e. The van der Waals surface area contributed by atoms with Crippen LogP contribution < -0.4 is 5.73 Å². The van der Waals surface area contributed by atoms with E-state index in [0.717, 1.165) is 25.6 Å². The second kappa shape index (κ2) is 6.55. The monoisotopic (exact) mass is 270 g/mol. The van der Waals surface area contributed by atoms with Crippen molar-refractivity contribution < 1.29 is 4.74 Å². The summed E-state index contributed by atoms with van der Waals surface area (Å²) in [4.78, 5) is 2.56. The highest BCUT2D eigenvalue weighted by molar-refractivity contribution is 4.87. The number of hydrogen-bond donors (Lipinski definition) is 1. The van der Waals surface area contributed by atoms with Gasteiger partial charge < -0.3 is 10.5 Å². The molecule has 1 rings (SSSR count). The van der Waals surface area contributed by atoms with Crippen LogP contribution >= 0.6 is 0 Å². The highest BCUT2D eigenvalue weighted by atomic mass is 16.5. The van der Waals surface area contributed by atoms with E-state index in [0.29, 0.717) is 12.0 Å². The smallest absolute Gasteiger partial charge is 0.0824 e. The van der Waals surface area contributed by atoms with Crippen LogP contribution in [0.5, 0.6) is 0 Å². The zero-order valence-electron chi connectivity index (χ0n) is 13.8. The Bertz CT molecular complexity index is 270. The zero-order valence-corrected chi connectivity index (χ0v) is 13.8. The predicted molar refractivity (Wildman–Crippen MR) is 82.3 cm³/mol. The largest absolute Gasteiger partial charge is 0.374 e. The first-order valence-electron chi connectivity index (χ1n) is 7.73. The summed E-state index contributed by atoms with van der Waals surface area (Å²) in [6.07, 6.45) is 2.73. The fourth-order valence-electron chi connectivity index (χ4n) is 2.57. The molecule has 0 radical (unpaired) electrons. The third kappa shape index (κ3) is 5.05. The lowest BCUT2D eigenvalue weighted by Crippen LogP contribution is -2.54. The maximum Gasteiger partial charge on any atom is 0.0824 e. The maximum absolute atomic E-state index is 5.74. The normalized spacial score (nSPS) is 24.5. The summed E-state index contributed by atoms with van der Waals surface area (Å²) < 4.78 is 5.67. The summed E-state index contributed by atoms with van der Waals surface area (Å²) >= 11 is 0. The van der Waals surface area contributed by atoms with Crippen molar-refractivity contribution in [3.8, 4) is 0 Å². The Morgan fingerprint density at radius 3 is 2.42 bits per heavy atom. The molecular weight excluding hydrogens is 236 g/mol. The average Bonchev–Trinajstić information content (AvgIpc) is 2.35. The molecule has 0 amide bonds. The van der Waals surface area contributed by atoms with Gasteiger partial charge in [-0.3, -0.25) is 4.90 Å². The number of nitrogens with zero attached hydrogens (tertiary/aromatic N) is 1. The van der Waals surface area contributed by atoms with Gasteiger partial charge in [-0.1, -0.05) is 27.7 Å². The van der Waals surface area contributed by atoms with Crippen LogP contribution in [0.2, 0.25) is 0 Å². The minimum absolute atomic E-state index is 0.216. The van der Waals surface area contributed by atoms with Crippen molar-refractivity contribution in [3.05, 3.63) is 0 Å². The summed E-state index contributed by atoms with van der Waals surface area (Å²) in [7, 11) is 0. The Hall–Kier alpha value is -0.120. The highest BCUT2D eigenvalue weighted by Crippen LogP contribution is 2.33. The van der Waals surface area contributed by atoms with E-state index in [4.69, 9.17) is 10.5 Å². The van der Waals surface area contributed by atoms with Crippen molar-refractivity contribution in [2.75, 3.05) is 26.2 Å². The lowest BCUT2D eigenvalue weighted by molar-refractivity contribution is -0.0611. The third-order valence-electron chi connectivity index (χ3n) is 4.93. The van der Waals surface area contributed by atoms with Gasteiger partial charge in [0.15, 0.2) is 0 Å². The zero-order chi connectivity index (χ0) is 14.7. The van der Waals surface area contributed by atoms with Crippen molar-refractivity contribution in [1.82, 2.24) is 4.90 Å². The topological polar surface area (TPSA) is 38.5 Å².